The number of methoxy groups -OCH3 is 1. The van der Waals surface area contributed by atoms with Crippen molar-refractivity contribution >= 4 is 5.91 Å². The van der Waals surface area contributed by atoms with Crippen molar-refractivity contribution in [2.45, 2.75) is 0 Å². The Morgan fingerprint density at radius 2 is 2.00 bits per heavy atom. The van der Waals surface area contributed by atoms with Crippen molar-refractivity contribution in [3.05, 3.63) is 29.8 Å². The lowest BCUT2D eigenvalue weighted by Crippen LogP contribution is -2.89. The van der Waals surface area contributed by atoms with E-state index in [4.69, 9.17) is 4.74 Å². The van der Waals surface area contributed by atoms with Crippen LogP contribution in [0.25, 0.3) is 0 Å². The van der Waals surface area contributed by atoms with Crippen LogP contribution in [0.4, 0.5) is 0 Å². The number of hydrogen-bond donors (Lipinski definition) is 1. The maximum absolute atomic E-state index is 12.2. The van der Waals surface area contributed by atoms with Gasteiger partial charge in [0.05, 0.1) is 38.9 Å². The van der Waals surface area contributed by atoms with Crippen molar-refractivity contribution in [3.8, 4) is 5.75 Å². The van der Waals surface area contributed by atoms with E-state index in [1.807, 2.05) is 29.2 Å². The first-order chi connectivity index (χ1) is 7.83. The molecule has 1 aliphatic rings. The molecule has 0 bridgehead atoms. The molecule has 2 rings (SSSR count). The zero-order chi connectivity index (χ0) is 11.4. The molecule has 1 saturated heterocycles. The molecule has 1 heterocycles. The lowest BCUT2D eigenvalue weighted by molar-refractivity contribution is -0.661. The highest BCUT2D eigenvalue weighted by atomic mass is 16.5. The molecule has 86 valence electrons. The lowest BCUT2D eigenvalue weighted by Gasteiger charge is -2.25. The second-order valence-corrected chi connectivity index (χ2v) is 3.86. The number of rotatable bonds is 2. The third-order valence-corrected chi connectivity index (χ3v) is 2.83. The van der Waals surface area contributed by atoms with E-state index >= 15 is 0 Å². The number of amides is 1. The van der Waals surface area contributed by atoms with E-state index in [1.54, 1.807) is 7.11 Å². The van der Waals surface area contributed by atoms with E-state index in [2.05, 4.69) is 5.32 Å². The van der Waals surface area contributed by atoms with Gasteiger partial charge in [0.25, 0.3) is 5.91 Å². The Morgan fingerprint density at radius 1 is 1.31 bits per heavy atom. The second kappa shape index (κ2) is 4.99. The van der Waals surface area contributed by atoms with E-state index in [-0.39, 0.29) is 5.91 Å². The molecule has 0 aliphatic carbocycles. The number of carbonyl (C=O) groups excluding carboxylic acids is 1. The monoisotopic (exact) mass is 221 g/mol. The van der Waals surface area contributed by atoms with Gasteiger partial charge in [0, 0.05) is 0 Å². The smallest absolute Gasteiger partial charge is 0.258 e. The summed E-state index contributed by atoms with van der Waals surface area (Å²) >= 11 is 0. The van der Waals surface area contributed by atoms with Crippen LogP contribution in [0.1, 0.15) is 10.4 Å². The predicted octanol–water partition coefficient (Wildman–Crippen LogP) is -0.286. The Morgan fingerprint density at radius 3 is 2.69 bits per heavy atom. The predicted molar refractivity (Wildman–Crippen MR) is 60.6 cm³/mol. The van der Waals surface area contributed by atoms with Gasteiger partial charge in [0.2, 0.25) is 0 Å². The van der Waals surface area contributed by atoms with Gasteiger partial charge < -0.3 is 15.0 Å². The van der Waals surface area contributed by atoms with Crippen molar-refractivity contribution in [3.63, 3.8) is 0 Å². The normalized spacial score (nSPS) is 15.9. The van der Waals surface area contributed by atoms with Crippen LogP contribution in [0, 0.1) is 0 Å². The molecule has 1 aliphatic heterocycles. The first-order valence-electron chi connectivity index (χ1n) is 5.57. The van der Waals surface area contributed by atoms with Crippen LogP contribution >= 0.6 is 0 Å². The fourth-order valence-corrected chi connectivity index (χ4v) is 1.95. The maximum atomic E-state index is 12.2. The zero-order valence-electron chi connectivity index (χ0n) is 9.48. The summed E-state index contributed by atoms with van der Waals surface area (Å²) in [6.45, 7) is 3.61. The average Bonchev–Trinajstić information content (AvgIpc) is 2.39. The molecular formula is C12H17N2O2+. The van der Waals surface area contributed by atoms with E-state index in [0.29, 0.717) is 11.3 Å². The van der Waals surface area contributed by atoms with Gasteiger partial charge in [-0.3, -0.25) is 4.79 Å². The molecule has 0 radical (unpaired) electrons. The molecule has 4 nitrogen and oxygen atoms in total. The number of hydrogen-bond acceptors (Lipinski definition) is 2. The molecule has 0 aromatic heterocycles. The number of nitrogens with zero attached hydrogens (tertiary/aromatic N) is 1. The molecule has 2 N–H and O–H groups in total. The molecule has 1 aromatic rings. The molecule has 1 amide bonds. The SMILES string of the molecule is COc1ccccc1C(=O)N1CC[NH2+]CC1. The highest BCUT2D eigenvalue weighted by molar-refractivity contribution is 5.96. The summed E-state index contributed by atoms with van der Waals surface area (Å²) in [6, 6.07) is 7.38. The van der Waals surface area contributed by atoms with Gasteiger partial charge in [-0.1, -0.05) is 12.1 Å². The Labute approximate surface area is 95.2 Å². The first kappa shape index (κ1) is 11.0. The molecule has 1 aromatic carbocycles. The molecule has 4 heteroatoms. The van der Waals surface area contributed by atoms with Gasteiger partial charge in [-0.2, -0.15) is 0 Å². The number of nitrogens with two attached hydrogens (primary N) is 1. The Balaban J connectivity index is 2.19. The largest absolute Gasteiger partial charge is 0.496 e. The van der Waals surface area contributed by atoms with Crippen LogP contribution in [0.5, 0.6) is 5.75 Å². The average molecular weight is 221 g/mol. The second-order valence-electron chi connectivity index (χ2n) is 3.86. The van der Waals surface area contributed by atoms with Crippen molar-refractivity contribution in [2.24, 2.45) is 0 Å². The highest BCUT2D eigenvalue weighted by Gasteiger charge is 2.21. The molecular weight excluding hydrogens is 204 g/mol. The number of benzene rings is 1. The van der Waals surface area contributed by atoms with Crippen molar-refractivity contribution in [1.29, 1.82) is 0 Å². The molecule has 0 saturated carbocycles. The summed E-state index contributed by atoms with van der Waals surface area (Å²) in [4.78, 5) is 14.1. The number of carbonyl (C=O) groups is 1. The van der Waals surface area contributed by atoms with Crippen LogP contribution < -0.4 is 10.1 Å². The standard InChI is InChI=1S/C12H16N2O2/c1-16-11-5-3-2-4-10(11)12(15)14-8-6-13-7-9-14/h2-5,13H,6-9H2,1H3/p+1. The Bertz CT molecular complexity index is 373. The third-order valence-electron chi connectivity index (χ3n) is 2.83. The van der Waals surface area contributed by atoms with E-state index in [0.717, 1.165) is 26.2 Å². The highest BCUT2D eigenvalue weighted by Crippen LogP contribution is 2.19. The summed E-state index contributed by atoms with van der Waals surface area (Å²) in [5.74, 6) is 0.729. The van der Waals surface area contributed by atoms with Crippen LogP contribution in [-0.4, -0.2) is 44.1 Å². The van der Waals surface area contributed by atoms with E-state index in [9.17, 15) is 4.79 Å². The minimum atomic E-state index is 0.0746. The Kier molecular flexibility index (Phi) is 3.41. The van der Waals surface area contributed by atoms with Crippen LogP contribution in [0.3, 0.4) is 0 Å². The van der Waals surface area contributed by atoms with E-state index in [1.165, 1.54) is 0 Å². The molecule has 1 fully saturated rings. The van der Waals surface area contributed by atoms with Crippen molar-refractivity contribution in [2.75, 3.05) is 33.3 Å². The maximum Gasteiger partial charge on any atom is 0.258 e. The van der Waals surface area contributed by atoms with Crippen LogP contribution in [0.2, 0.25) is 0 Å². The van der Waals surface area contributed by atoms with Crippen LogP contribution in [0.15, 0.2) is 24.3 Å². The summed E-state index contributed by atoms with van der Waals surface area (Å²) < 4.78 is 5.20. The molecule has 0 spiro atoms. The fourth-order valence-electron chi connectivity index (χ4n) is 1.95. The summed E-state index contributed by atoms with van der Waals surface area (Å²) in [6.07, 6.45) is 0. The summed E-state index contributed by atoms with van der Waals surface area (Å²) in [7, 11) is 1.59. The minimum absolute atomic E-state index is 0.0746. The zero-order valence-corrected chi connectivity index (χ0v) is 9.48. The number of para-hydroxylation sites is 1. The Hall–Kier alpha value is -1.55. The van der Waals surface area contributed by atoms with Gasteiger partial charge in [-0.05, 0) is 12.1 Å². The number of quaternary nitrogens is 1. The summed E-state index contributed by atoms with van der Waals surface area (Å²) in [5.41, 5.74) is 0.659. The molecule has 0 unspecified atom stereocenters. The summed E-state index contributed by atoms with van der Waals surface area (Å²) in [5, 5.41) is 2.23. The van der Waals surface area contributed by atoms with E-state index < -0.39 is 0 Å². The molecule has 16 heavy (non-hydrogen) atoms. The van der Waals surface area contributed by atoms with Gasteiger partial charge in [0.15, 0.2) is 0 Å². The lowest BCUT2D eigenvalue weighted by atomic mass is 10.1. The topological polar surface area (TPSA) is 46.1 Å². The minimum Gasteiger partial charge on any atom is -0.496 e. The number of piperazine rings is 1. The van der Waals surface area contributed by atoms with Crippen molar-refractivity contribution in [1.82, 2.24) is 4.90 Å². The fraction of sp³-hybridized carbons (Fsp3) is 0.417. The van der Waals surface area contributed by atoms with Crippen molar-refractivity contribution < 1.29 is 14.8 Å². The van der Waals surface area contributed by atoms with Crippen LogP contribution in [-0.2, 0) is 0 Å². The third kappa shape index (κ3) is 2.17. The van der Waals surface area contributed by atoms with Gasteiger partial charge in [0.1, 0.15) is 5.75 Å². The van der Waals surface area contributed by atoms with Gasteiger partial charge in [-0.25, -0.2) is 0 Å². The first-order valence-corrected chi connectivity index (χ1v) is 5.57. The molecule has 0 atom stereocenters. The number of ether oxygens (including phenoxy) is 1. The van der Waals surface area contributed by atoms with Gasteiger partial charge in [-0.15, -0.1) is 0 Å². The van der Waals surface area contributed by atoms with Gasteiger partial charge >= 0.3 is 0 Å². The quantitative estimate of drug-likeness (QED) is 0.746.